The van der Waals surface area contributed by atoms with Crippen molar-refractivity contribution in [3.05, 3.63) is 52.9 Å². The van der Waals surface area contributed by atoms with Gasteiger partial charge in [0.05, 0.1) is 16.6 Å². The van der Waals surface area contributed by atoms with Gasteiger partial charge in [-0.2, -0.15) is 0 Å². The van der Waals surface area contributed by atoms with E-state index < -0.39 is 0 Å². The quantitative estimate of drug-likeness (QED) is 0.496. The Bertz CT molecular complexity index is 974. The van der Waals surface area contributed by atoms with Gasteiger partial charge in [-0.15, -0.1) is 11.8 Å². The summed E-state index contributed by atoms with van der Waals surface area (Å²) in [5, 5.41) is 2.24. The largest absolute Gasteiger partial charge is 0.274 e. The zero-order valence-corrected chi connectivity index (χ0v) is 11.1. The number of nitrogens with zero attached hydrogens (tertiary/aromatic N) is 2. The summed E-state index contributed by atoms with van der Waals surface area (Å²) in [7, 11) is 0. The number of fused-ring (bicyclic) bond motifs is 3. The van der Waals surface area contributed by atoms with Crippen LogP contribution in [0.4, 0.5) is 0 Å². The Balaban J connectivity index is 2.49. The first-order valence-corrected chi connectivity index (χ1v) is 7.22. The van der Waals surface area contributed by atoms with Gasteiger partial charge in [0.25, 0.3) is 5.56 Å². The van der Waals surface area contributed by atoms with Gasteiger partial charge in [0, 0.05) is 27.9 Å². The van der Waals surface area contributed by atoms with E-state index in [0.29, 0.717) is 0 Å². The summed E-state index contributed by atoms with van der Waals surface area (Å²) < 4.78 is 1.77. The van der Waals surface area contributed by atoms with E-state index in [1.165, 1.54) is 4.90 Å². The Morgan fingerprint density at radius 3 is 2.89 bits per heavy atom. The molecule has 0 aliphatic carbocycles. The SMILES string of the molecule is CSc1cccc2c1c1ccnc3ccc(=O)n2c31. The zero-order chi connectivity index (χ0) is 13.0. The molecule has 0 bridgehead atoms. The van der Waals surface area contributed by atoms with E-state index in [0.717, 1.165) is 27.3 Å². The maximum atomic E-state index is 12.2. The Morgan fingerprint density at radius 1 is 1.16 bits per heavy atom. The van der Waals surface area contributed by atoms with Crippen LogP contribution in [0.15, 0.2) is 52.3 Å². The lowest BCUT2D eigenvalue weighted by molar-refractivity contribution is 1.17. The molecule has 1 aromatic carbocycles. The molecule has 0 atom stereocenters. The predicted octanol–water partition coefficient (Wildman–Crippen LogP) is 3.16. The second-order valence-electron chi connectivity index (χ2n) is 4.45. The number of hydrogen-bond acceptors (Lipinski definition) is 3. The topological polar surface area (TPSA) is 34.4 Å². The fourth-order valence-corrected chi connectivity index (χ4v) is 3.38. The smallest absolute Gasteiger partial charge is 0.255 e. The monoisotopic (exact) mass is 266 g/mol. The molecule has 4 heteroatoms. The minimum absolute atomic E-state index is 0.00115. The van der Waals surface area contributed by atoms with Crippen LogP contribution < -0.4 is 5.56 Å². The van der Waals surface area contributed by atoms with Crippen molar-refractivity contribution < 1.29 is 0 Å². The van der Waals surface area contributed by atoms with Crippen LogP contribution >= 0.6 is 11.8 Å². The van der Waals surface area contributed by atoms with Gasteiger partial charge in [0.2, 0.25) is 0 Å². The number of pyridine rings is 2. The molecule has 3 nitrogen and oxygen atoms in total. The lowest BCUT2D eigenvalue weighted by atomic mass is 10.2. The molecule has 0 spiro atoms. The highest BCUT2D eigenvalue weighted by atomic mass is 32.2. The van der Waals surface area contributed by atoms with Gasteiger partial charge < -0.3 is 0 Å². The number of aromatic nitrogens is 2. The Kier molecular flexibility index (Phi) is 2.11. The van der Waals surface area contributed by atoms with E-state index in [1.54, 1.807) is 34.5 Å². The van der Waals surface area contributed by atoms with E-state index in [9.17, 15) is 4.79 Å². The minimum Gasteiger partial charge on any atom is -0.274 e. The van der Waals surface area contributed by atoms with Crippen molar-refractivity contribution in [1.82, 2.24) is 9.38 Å². The molecule has 0 saturated carbocycles. The first-order chi connectivity index (χ1) is 9.31. The summed E-state index contributed by atoms with van der Waals surface area (Å²) in [4.78, 5) is 17.7. The third-order valence-corrected chi connectivity index (χ3v) is 4.29. The molecule has 4 aromatic rings. The van der Waals surface area contributed by atoms with Gasteiger partial charge in [0.15, 0.2) is 0 Å². The molecule has 4 rings (SSSR count). The molecule has 0 amide bonds. The Labute approximate surface area is 113 Å². The van der Waals surface area contributed by atoms with Crippen LogP contribution in [0.1, 0.15) is 0 Å². The fraction of sp³-hybridized carbons (Fsp3) is 0.0667. The highest BCUT2D eigenvalue weighted by molar-refractivity contribution is 7.98. The van der Waals surface area contributed by atoms with E-state index in [-0.39, 0.29) is 5.56 Å². The van der Waals surface area contributed by atoms with Gasteiger partial charge >= 0.3 is 0 Å². The maximum absolute atomic E-state index is 12.2. The van der Waals surface area contributed by atoms with Crippen molar-refractivity contribution in [2.75, 3.05) is 6.26 Å². The van der Waals surface area contributed by atoms with Crippen molar-refractivity contribution in [3.63, 3.8) is 0 Å². The Hall–Kier alpha value is -2.07. The molecule has 0 unspecified atom stereocenters. The van der Waals surface area contributed by atoms with E-state index in [4.69, 9.17) is 0 Å². The van der Waals surface area contributed by atoms with Gasteiger partial charge in [-0.05, 0) is 30.5 Å². The van der Waals surface area contributed by atoms with E-state index >= 15 is 0 Å². The fourth-order valence-electron chi connectivity index (χ4n) is 2.75. The van der Waals surface area contributed by atoms with Gasteiger partial charge in [-0.25, -0.2) is 0 Å². The third-order valence-electron chi connectivity index (χ3n) is 3.51. The van der Waals surface area contributed by atoms with E-state index in [2.05, 4.69) is 17.3 Å². The first-order valence-electron chi connectivity index (χ1n) is 6.00. The number of thioether (sulfide) groups is 1. The van der Waals surface area contributed by atoms with Crippen molar-refractivity contribution in [2.45, 2.75) is 4.90 Å². The summed E-state index contributed by atoms with van der Waals surface area (Å²) in [6.45, 7) is 0. The summed E-state index contributed by atoms with van der Waals surface area (Å²) in [6.07, 6.45) is 3.86. The number of benzene rings is 1. The summed E-state index contributed by atoms with van der Waals surface area (Å²) >= 11 is 1.70. The van der Waals surface area contributed by atoms with Gasteiger partial charge in [-0.1, -0.05) is 6.07 Å². The maximum Gasteiger partial charge on any atom is 0.255 e. The second kappa shape index (κ2) is 3.71. The molecule has 0 aliphatic rings. The molecule has 0 fully saturated rings. The predicted molar refractivity (Wildman–Crippen MR) is 79.4 cm³/mol. The van der Waals surface area contributed by atoms with Crippen LogP contribution in [0, 0.1) is 0 Å². The molecule has 92 valence electrons. The molecule has 0 aliphatic heterocycles. The molecule has 0 N–H and O–H groups in total. The summed E-state index contributed by atoms with van der Waals surface area (Å²) in [6, 6.07) is 11.4. The number of hydrogen-bond donors (Lipinski definition) is 0. The summed E-state index contributed by atoms with van der Waals surface area (Å²) in [5.41, 5.74) is 2.75. The molecule has 3 aromatic heterocycles. The van der Waals surface area contributed by atoms with Crippen LogP contribution in [-0.4, -0.2) is 15.6 Å². The van der Waals surface area contributed by atoms with Crippen molar-refractivity contribution in [2.24, 2.45) is 0 Å². The van der Waals surface area contributed by atoms with Crippen molar-refractivity contribution in [1.29, 1.82) is 0 Å². The van der Waals surface area contributed by atoms with Crippen LogP contribution in [0.25, 0.3) is 27.3 Å². The van der Waals surface area contributed by atoms with E-state index in [1.807, 2.05) is 18.2 Å². The Morgan fingerprint density at radius 2 is 2.05 bits per heavy atom. The average Bonchev–Trinajstić information content (AvgIpc) is 2.80. The van der Waals surface area contributed by atoms with Crippen molar-refractivity contribution >= 4 is 39.1 Å². The van der Waals surface area contributed by atoms with Crippen LogP contribution in [0.5, 0.6) is 0 Å². The third kappa shape index (κ3) is 1.29. The standard InChI is InChI=1S/C15H10N2OS/c1-19-12-4-2-3-11-14(12)9-7-8-16-10-5-6-13(18)17(11)15(9)10/h2-8H,1H3. The molecular formula is C15H10N2OS. The number of rotatable bonds is 1. The first kappa shape index (κ1) is 10.8. The summed E-state index contributed by atoms with van der Waals surface area (Å²) in [5.74, 6) is 0. The normalized spacial score (nSPS) is 11.8. The average molecular weight is 266 g/mol. The van der Waals surface area contributed by atoms with Gasteiger partial charge in [0.1, 0.15) is 0 Å². The zero-order valence-electron chi connectivity index (χ0n) is 10.3. The van der Waals surface area contributed by atoms with Crippen LogP contribution in [-0.2, 0) is 0 Å². The molecule has 19 heavy (non-hydrogen) atoms. The highest BCUT2D eigenvalue weighted by Gasteiger charge is 2.15. The second-order valence-corrected chi connectivity index (χ2v) is 5.30. The molecule has 3 heterocycles. The minimum atomic E-state index is -0.00115. The van der Waals surface area contributed by atoms with Crippen LogP contribution in [0.3, 0.4) is 0 Å². The molecular weight excluding hydrogens is 256 g/mol. The lowest BCUT2D eigenvalue weighted by Gasteiger charge is -1.98. The molecule has 0 saturated heterocycles. The van der Waals surface area contributed by atoms with Crippen LogP contribution in [0.2, 0.25) is 0 Å². The van der Waals surface area contributed by atoms with Gasteiger partial charge in [-0.3, -0.25) is 14.2 Å². The molecule has 0 radical (unpaired) electrons. The lowest BCUT2D eigenvalue weighted by Crippen LogP contribution is -2.10. The van der Waals surface area contributed by atoms with Crippen molar-refractivity contribution in [3.8, 4) is 0 Å². The highest BCUT2D eigenvalue weighted by Crippen LogP contribution is 2.35.